The summed E-state index contributed by atoms with van der Waals surface area (Å²) in [6.07, 6.45) is 0. The van der Waals surface area contributed by atoms with Crippen molar-refractivity contribution in [2.45, 2.75) is 35.7 Å². The molecule has 0 heterocycles. The first-order valence-corrected chi connectivity index (χ1v) is 9.35. The summed E-state index contributed by atoms with van der Waals surface area (Å²) in [4.78, 5) is 22.9. The zero-order valence-corrected chi connectivity index (χ0v) is 14.8. The minimum Gasteiger partial charge on any atom is -0.264 e. The maximum absolute atomic E-state index is 10.8. The van der Waals surface area contributed by atoms with Crippen molar-refractivity contribution in [3.05, 3.63) is 79.9 Å². The Hall–Kier alpha value is -2.06. The van der Waals surface area contributed by atoms with Crippen LogP contribution in [0.5, 0.6) is 0 Å². The van der Waals surface area contributed by atoms with Crippen LogP contribution in [0, 0.1) is 20.2 Å². The molecular formula is C16H16N2O4S2. The first-order valence-electron chi connectivity index (χ1n) is 7.20. The minimum atomic E-state index is -0.715. The van der Waals surface area contributed by atoms with Crippen LogP contribution >= 0.6 is 21.6 Å². The summed E-state index contributed by atoms with van der Waals surface area (Å²) in [7, 11) is 3.07. The van der Waals surface area contributed by atoms with E-state index in [0.29, 0.717) is 11.1 Å². The van der Waals surface area contributed by atoms with Gasteiger partial charge in [-0.15, -0.1) is 0 Å². The molecule has 0 aliphatic rings. The van der Waals surface area contributed by atoms with Crippen molar-refractivity contribution in [2.75, 3.05) is 0 Å². The molecule has 2 aromatic rings. The van der Waals surface area contributed by atoms with Crippen LogP contribution in [0.2, 0.25) is 0 Å². The monoisotopic (exact) mass is 364 g/mol. The molecule has 2 rings (SSSR count). The fourth-order valence-electron chi connectivity index (χ4n) is 1.94. The predicted octanol–water partition coefficient (Wildman–Crippen LogP) is 5.16. The van der Waals surface area contributed by atoms with E-state index in [1.54, 1.807) is 38.1 Å². The molecule has 0 fully saturated rings. The van der Waals surface area contributed by atoms with Crippen LogP contribution in [-0.4, -0.2) is 9.85 Å². The third-order valence-corrected chi connectivity index (χ3v) is 6.01. The summed E-state index contributed by atoms with van der Waals surface area (Å²) in [6, 6.07) is 13.0. The van der Waals surface area contributed by atoms with E-state index in [-0.39, 0.29) is 9.85 Å². The minimum absolute atomic E-state index is 0.315. The van der Waals surface area contributed by atoms with Crippen molar-refractivity contribution in [2.24, 2.45) is 0 Å². The van der Waals surface area contributed by atoms with Crippen molar-refractivity contribution < 1.29 is 9.85 Å². The number of benzene rings is 2. The summed E-state index contributed by atoms with van der Waals surface area (Å²) in [5.74, 6) is 0. The standard InChI is InChI=1S/C16H16N2O4S2/c1-11(17(19)20)13-3-7-15(8-4-13)23-24-16-9-5-14(6-10-16)12(2)18(21)22/h3-12H,1-2H3. The summed E-state index contributed by atoms with van der Waals surface area (Å²) < 4.78 is 0. The van der Waals surface area contributed by atoms with Crippen molar-refractivity contribution in [1.29, 1.82) is 0 Å². The van der Waals surface area contributed by atoms with Crippen molar-refractivity contribution in [3.63, 3.8) is 0 Å². The molecule has 2 atom stereocenters. The van der Waals surface area contributed by atoms with E-state index in [9.17, 15) is 20.2 Å². The normalized spacial score (nSPS) is 13.2. The molecule has 0 saturated carbocycles. The Kier molecular flexibility index (Phi) is 6.22. The third kappa shape index (κ3) is 4.72. The molecule has 2 unspecified atom stereocenters. The van der Waals surface area contributed by atoms with Gasteiger partial charge in [0.1, 0.15) is 0 Å². The maximum Gasteiger partial charge on any atom is 0.235 e. The predicted molar refractivity (Wildman–Crippen MR) is 95.4 cm³/mol. The highest BCUT2D eigenvalue weighted by atomic mass is 33.1. The molecule has 0 amide bonds. The molecule has 0 radical (unpaired) electrons. The van der Waals surface area contributed by atoms with Crippen LogP contribution < -0.4 is 0 Å². The van der Waals surface area contributed by atoms with Gasteiger partial charge >= 0.3 is 0 Å². The van der Waals surface area contributed by atoms with Crippen LogP contribution in [-0.2, 0) is 0 Å². The molecule has 0 spiro atoms. The average molecular weight is 364 g/mol. The first-order chi connectivity index (χ1) is 11.4. The molecule has 0 saturated heterocycles. The molecule has 2 aromatic carbocycles. The van der Waals surface area contributed by atoms with Crippen LogP contribution in [0.3, 0.4) is 0 Å². The van der Waals surface area contributed by atoms with Crippen LogP contribution in [0.4, 0.5) is 0 Å². The van der Waals surface area contributed by atoms with E-state index in [0.717, 1.165) is 9.79 Å². The molecule has 0 bridgehead atoms. The number of rotatable bonds is 7. The summed E-state index contributed by atoms with van der Waals surface area (Å²) in [6.45, 7) is 3.12. The molecule has 6 nitrogen and oxygen atoms in total. The van der Waals surface area contributed by atoms with Crippen molar-refractivity contribution in [3.8, 4) is 0 Å². The Balaban J connectivity index is 1.96. The van der Waals surface area contributed by atoms with Crippen LogP contribution in [0.1, 0.15) is 37.1 Å². The number of hydrogen-bond acceptors (Lipinski definition) is 6. The highest BCUT2D eigenvalue weighted by Crippen LogP contribution is 2.38. The number of nitrogens with zero attached hydrogens (tertiary/aromatic N) is 2. The van der Waals surface area contributed by atoms with E-state index in [1.165, 1.54) is 21.6 Å². The Bertz CT molecular complexity index is 656. The zero-order chi connectivity index (χ0) is 17.7. The van der Waals surface area contributed by atoms with E-state index in [4.69, 9.17) is 0 Å². The molecular weight excluding hydrogens is 348 g/mol. The number of nitro groups is 2. The van der Waals surface area contributed by atoms with Gasteiger partial charge in [0, 0.05) is 44.6 Å². The lowest BCUT2D eigenvalue weighted by Crippen LogP contribution is -2.05. The van der Waals surface area contributed by atoms with E-state index >= 15 is 0 Å². The van der Waals surface area contributed by atoms with Gasteiger partial charge in [-0.05, 0) is 24.3 Å². The Morgan fingerprint density at radius 1 is 0.708 bits per heavy atom. The third-order valence-electron chi connectivity index (χ3n) is 3.59. The summed E-state index contributed by atoms with van der Waals surface area (Å²) in [5, 5.41) is 21.5. The fourth-order valence-corrected chi connectivity index (χ4v) is 3.87. The van der Waals surface area contributed by atoms with Crippen LogP contribution in [0.25, 0.3) is 0 Å². The Morgan fingerprint density at radius 2 is 1.00 bits per heavy atom. The van der Waals surface area contributed by atoms with Gasteiger partial charge < -0.3 is 0 Å². The molecule has 24 heavy (non-hydrogen) atoms. The van der Waals surface area contributed by atoms with Crippen molar-refractivity contribution >= 4 is 21.6 Å². The van der Waals surface area contributed by atoms with E-state index in [1.807, 2.05) is 24.3 Å². The highest BCUT2D eigenvalue weighted by Gasteiger charge is 2.16. The van der Waals surface area contributed by atoms with Gasteiger partial charge in [-0.25, -0.2) is 0 Å². The molecule has 126 valence electrons. The first kappa shape index (κ1) is 18.3. The second kappa shape index (κ2) is 8.16. The summed E-state index contributed by atoms with van der Waals surface area (Å²) in [5.41, 5.74) is 1.35. The second-order valence-corrected chi connectivity index (χ2v) is 7.50. The lowest BCUT2D eigenvalue weighted by Gasteiger charge is -2.07. The van der Waals surface area contributed by atoms with E-state index in [2.05, 4.69) is 0 Å². The SMILES string of the molecule is CC(c1ccc(SSc2ccc(C(C)[N+](=O)[O-])cc2)cc1)[N+](=O)[O-]. The van der Waals surface area contributed by atoms with Crippen molar-refractivity contribution in [1.82, 2.24) is 0 Å². The number of hydrogen-bond donors (Lipinski definition) is 0. The Labute approximate surface area is 147 Å². The van der Waals surface area contributed by atoms with Gasteiger partial charge in [0.15, 0.2) is 0 Å². The van der Waals surface area contributed by atoms with Gasteiger partial charge in [-0.2, -0.15) is 0 Å². The fraction of sp³-hybridized carbons (Fsp3) is 0.250. The lowest BCUT2D eigenvalue weighted by atomic mass is 10.1. The maximum atomic E-state index is 10.8. The van der Waals surface area contributed by atoms with Gasteiger partial charge in [0.25, 0.3) is 0 Å². The Morgan fingerprint density at radius 3 is 1.25 bits per heavy atom. The van der Waals surface area contributed by atoms with Gasteiger partial charge in [-0.1, -0.05) is 45.9 Å². The second-order valence-electron chi connectivity index (χ2n) is 5.23. The van der Waals surface area contributed by atoms with Gasteiger partial charge in [-0.3, -0.25) is 20.2 Å². The van der Waals surface area contributed by atoms with E-state index < -0.39 is 12.1 Å². The largest absolute Gasteiger partial charge is 0.264 e. The van der Waals surface area contributed by atoms with Crippen LogP contribution in [0.15, 0.2) is 58.3 Å². The topological polar surface area (TPSA) is 86.3 Å². The zero-order valence-electron chi connectivity index (χ0n) is 13.1. The lowest BCUT2D eigenvalue weighted by molar-refractivity contribution is -0.524. The average Bonchev–Trinajstić information content (AvgIpc) is 2.59. The quantitative estimate of drug-likeness (QED) is 0.383. The smallest absolute Gasteiger partial charge is 0.235 e. The molecule has 8 heteroatoms. The summed E-state index contributed by atoms with van der Waals surface area (Å²) >= 11 is 0. The van der Waals surface area contributed by atoms with Gasteiger partial charge in [0.05, 0.1) is 0 Å². The highest BCUT2D eigenvalue weighted by molar-refractivity contribution is 8.76. The molecule has 0 aromatic heterocycles. The molecule has 0 N–H and O–H groups in total. The molecule has 0 aliphatic heterocycles. The molecule has 0 aliphatic carbocycles. The van der Waals surface area contributed by atoms with Gasteiger partial charge in [0.2, 0.25) is 12.1 Å².